The van der Waals surface area contributed by atoms with E-state index in [0.29, 0.717) is 0 Å². The van der Waals surface area contributed by atoms with Crippen molar-refractivity contribution in [2.75, 3.05) is 0 Å². The van der Waals surface area contributed by atoms with Crippen LogP contribution in [0, 0.1) is 12.5 Å². The summed E-state index contributed by atoms with van der Waals surface area (Å²) in [4.78, 5) is 0. The number of hydrogen-bond acceptors (Lipinski definition) is 2. The third kappa shape index (κ3) is 1.85. The Morgan fingerprint density at radius 1 is 1.50 bits per heavy atom. The first kappa shape index (κ1) is 7.32. The Balaban J connectivity index is 3.87. The number of hydroxylamine groups is 2. The Kier molecular flexibility index (Phi) is 1.88. The molecule has 0 bridgehead atoms. The van der Waals surface area contributed by atoms with Gasteiger partial charge in [-0.3, -0.25) is 5.21 Å². The molecule has 0 aromatic rings. The summed E-state index contributed by atoms with van der Waals surface area (Å²) in [6.45, 7) is 5.48. The molecule has 0 heterocycles. The van der Waals surface area contributed by atoms with Gasteiger partial charge in [0.25, 0.3) is 0 Å². The molecule has 46 valence electrons. The van der Waals surface area contributed by atoms with Crippen LogP contribution in [0.25, 0.3) is 0 Å². The first-order valence-electron chi connectivity index (χ1n) is 2.44. The third-order valence-corrected chi connectivity index (χ3v) is 0.758. The monoisotopic (exact) mass is 113 g/mol. The lowest BCUT2D eigenvalue weighted by atomic mass is 10.1. The van der Waals surface area contributed by atoms with Crippen molar-refractivity contribution < 1.29 is 5.21 Å². The number of nitrogens with zero attached hydrogens (tertiary/aromatic N) is 1. The van der Waals surface area contributed by atoms with Crippen molar-refractivity contribution in [3.05, 3.63) is 0 Å². The van der Waals surface area contributed by atoms with E-state index in [9.17, 15) is 0 Å². The summed E-state index contributed by atoms with van der Waals surface area (Å²) >= 11 is 0. The van der Waals surface area contributed by atoms with Crippen LogP contribution in [0.4, 0.5) is 0 Å². The molecule has 0 amide bonds. The Morgan fingerprint density at radius 3 is 1.88 bits per heavy atom. The second kappa shape index (κ2) is 2.06. The lowest BCUT2D eigenvalue weighted by molar-refractivity contribution is -0.0976. The smallest absolute Gasteiger partial charge is 0.0675 e. The van der Waals surface area contributed by atoms with Gasteiger partial charge in [0, 0.05) is 6.04 Å². The summed E-state index contributed by atoms with van der Waals surface area (Å²) in [6.07, 6.45) is 4.88. The van der Waals surface area contributed by atoms with Gasteiger partial charge in [-0.2, -0.15) is 0 Å². The zero-order valence-electron chi connectivity index (χ0n) is 5.47. The molecule has 0 saturated carbocycles. The van der Waals surface area contributed by atoms with Crippen LogP contribution in [0.5, 0.6) is 0 Å². The minimum absolute atomic E-state index is 0.339. The van der Waals surface area contributed by atoms with Gasteiger partial charge in [0.05, 0.1) is 5.54 Å². The molecule has 1 N–H and O–H groups in total. The van der Waals surface area contributed by atoms with Crippen molar-refractivity contribution in [3.63, 3.8) is 0 Å². The van der Waals surface area contributed by atoms with Gasteiger partial charge in [-0.15, -0.1) is 0 Å². The highest BCUT2D eigenvalue weighted by Gasteiger charge is 2.15. The van der Waals surface area contributed by atoms with Gasteiger partial charge in [0.2, 0.25) is 0 Å². The molecule has 2 heteroatoms. The zero-order chi connectivity index (χ0) is 6.78. The fraction of sp³-hybridized carbons (Fsp3) is 0.667. The van der Waals surface area contributed by atoms with E-state index in [1.165, 1.54) is 0 Å². The maximum Gasteiger partial charge on any atom is 0.0675 e. The minimum Gasteiger partial charge on any atom is -0.280 e. The molecule has 8 heavy (non-hydrogen) atoms. The highest BCUT2D eigenvalue weighted by Crippen LogP contribution is 2.06. The molecule has 0 saturated heterocycles. The van der Waals surface area contributed by atoms with E-state index in [1.807, 2.05) is 20.8 Å². The minimum atomic E-state index is -0.339. The fourth-order valence-electron chi connectivity index (χ4n) is 0.194. The van der Waals surface area contributed by atoms with E-state index in [2.05, 4.69) is 6.04 Å². The van der Waals surface area contributed by atoms with Gasteiger partial charge in [-0.25, -0.2) is 5.06 Å². The summed E-state index contributed by atoms with van der Waals surface area (Å²) in [5.41, 5.74) is -0.339. The molecule has 2 nitrogen and oxygen atoms in total. The summed E-state index contributed by atoms with van der Waals surface area (Å²) in [7, 11) is 0. The first-order valence-corrected chi connectivity index (χ1v) is 2.44. The summed E-state index contributed by atoms with van der Waals surface area (Å²) < 4.78 is 0. The maximum absolute atomic E-state index is 8.79. The van der Waals surface area contributed by atoms with E-state index in [1.54, 1.807) is 0 Å². The molecule has 0 aliphatic carbocycles. The first-order chi connectivity index (χ1) is 3.48. The maximum atomic E-state index is 8.79. The van der Waals surface area contributed by atoms with Gasteiger partial charge in [-0.05, 0) is 20.8 Å². The van der Waals surface area contributed by atoms with Crippen molar-refractivity contribution in [2.24, 2.45) is 0 Å². The molecule has 0 aromatic heterocycles. The molecule has 0 rings (SSSR count). The quantitative estimate of drug-likeness (QED) is 0.288. The number of terminal acetylenes is 1. The van der Waals surface area contributed by atoms with Crippen LogP contribution in [0.2, 0.25) is 0 Å². The third-order valence-electron chi connectivity index (χ3n) is 0.758. The summed E-state index contributed by atoms with van der Waals surface area (Å²) in [5.74, 6) is 0. The van der Waals surface area contributed by atoms with Crippen molar-refractivity contribution in [2.45, 2.75) is 26.3 Å². The van der Waals surface area contributed by atoms with Gasteiger partial charge in [-0.1, -0.05) is 6.42 Å². The second-order valence-electron chi connectivity index (χ2n) is 2.61. The number of rotatable bonds is 0. The van der Waals surface area contributed by atoms with Crippen LogP contribution in [-0.4, -0.2) is 15.8 Å². The summed E-state index contributed by atoms with van der Waals surface area (Å²) in [5, 5.41) is 9.63. The molecule has 0 spiro atoms. The zero-order valence-corrected chi connectivity index (χ0v) is 5.47. The van der Waals surface area contributed by atoms with Crippen molar-refractivity contribution >= 4 is 0 Å². The van der Waals surface area contributed by atoms with E-state index in [4.69, 9.17) is 11.6 Å². The molecule has 0 aliphatic rings. The molecule has 0 fully saturated rings. The molecular formula is C6H11NO. The van der Waals surface area contributed by atoms with Gasteiger partial charge in [0.1, 0.15) is 0 Å². The van der Waals surface area contributed by atoms with Gasteiger partial charge in [0.15, 0.2) is 0 Å². The van der Waals surface area contributed by atoms with E-state index in [0.717, 1.165) is 5.06 Å². The highest BCUT2D eigenvalue weighted by atomic mass is 16.5. The average molecular weight is 113 g/mol. The Bertz CT molecular complexity index is 107. The standard InChI is InChI=1S/C6H11NO/c1-5-7(8)6(2,3)4/h1,8H,2-4H3. The topological polar surface area (TPSA) is 23.5 Å². The van der Waals surface area contributed by atoms with Crippen molar-refractivity contribution in [1.82, 2.24) is 5.06 Å². The Labute approximate surface area is 50.1 Å². The van der Waals surface area contributed by atoms with E-state index in [-0.39, 0.29) is 5.54 Å². The second-order valence-corrected chi connectivity index (χ2v) is 2.61. The van der Waals surface area contributed by atoms with E-state index >= 15 is 0 Å². The fourth-order valence-corrected chi connectivity index (χ4v) is 0.194. The van der Waals surface area contributed by atoms with Crippen LogP contribution < -0.4 is 0 Å². The van der Waals surface area contributed by atoms with Crippen molar-refractivity contribution in [1.29, 1.82) is 0 Å². The molecule has 0 aromatic carbocycles. The van der Waals surface area contributed by atoms with Crippen LogP contribution >= 0.6 is 0 Å². The SMILES string of the molecule is C#CN(O)C(C)(C)C. The normalized spacial score (nSPS) is 10.4. The molecular weight excluding hydrogens is 102 g/mol. The number of hydrogen-bond donors (Lipinski definition) is 1. The lowest BCUT2D eigenvalue weighted by Gasteiger charge is -2.24. The van der Waals surface area contributed by atoms with Crippen LogP contribution in [0.1, 0.15) is 20.8 Å². The van der Waals surface area contributed by atoms with Crippen molar-refractivity contribution in [3.8, 4) is 12.5 Å². The van der Waals surface area contributed by atoms with E-state index < -0.39 is 0 Å². The predicted octanol–water partition coefficient (Wildman–Crippen LogP) is 1.07. The highest BCUT2D eigenvalue weighted by molar-refractivity contribution is 4.86. The Morgan fingerprint density at radius 2 is 1.88 bits per heavy atom. The molecule has 0 atom stereocenters. The predicted molar refractivity (Wildman–Crippen MR) is 32.2 cm³/mol. The van der Waals surface area contributed by atoms with Crippen LogP contribution in [-0.2, 0) is 0 Å². The van der Waals surface area contributed by atoms with Gasteiger partial charge >= 0.3 is 0 Å². The summed E-state index contributed by atoms with van der Waals surface area (Å²) in [6, 6.07) is 2.09. The lowest BCUT2D eigenvalue weighted by Crippen LogP contribution is -2.34. The van der Waals surface area contributed by atoms with Crippen LogP contribution in [0.3, 0.4) is 0 Å². The average Bonchev–Trinajstić information content (AvgIpc) is 1.62. The largest absolute Gasteiger partial charge is 0.280 e. The van der Waals surface area contributed by atoms with Crippen LogP contribution in [0.15, 0.2) is 0 Å². The van der Waals surface area contributed by atoms with Gasteiger partial charge < -0.3 is 0 Å². The molecule has 0 aliphatic heterocycles. The molecule has 0 radical (unpaired) electrons. The molecule has 0 unspecified atom stereocenters. The Hall–Kier alpha value is -0.680.